The van der Waals surface area contributed by atoms with Crippen LogP contribution in [0.2, 0.25) is 0 Å². The average molecular weight is 856 g/mol. The highest BCUT2D eigenvalue weighted by atomic mass is 16.5. The van der Waals surface area contributed by atoms with Crippen LogP contribution in [-0.2, 0) is 14.3 Å². The van der Waals surface area contributed by atoms with Crippen LogP contribution >= 0.6 is 0 Å². The van der Waals surface area contributed by atoms with Crippen molar-refractivity contribution >= 4 is 11.9 Å². The lowest BCUT2D eigenvalue weighted by atomic mass is 10.0. The number of carbonyl (C=O) groups excluding carboxylic acids is 2. The predicted molar refractivity (Wildman–Crippen MR) is 264 cm³/mol. The predicted octanol–water partition coefficient (Wildman–Crippen LogP) is 15.8. The van der Waals surface area contributed by atoms with Crippen LogP contribution in [0.3, 0.4) is 0 Å². The molecule has 0 radical (unpaired) electrons. The molecule has 0 heterocycles. The van der Waals surface area contributed by atoms with E-state index in [1.807, 2.05) is 6.08 Å². The Morgan fingerprint density at radius 3 is 1.33 bits per heavy atom. The molecule has 61 heavy (non-hydrogen) atoms. The fourth-order valence-corrected chi connectivity index (χ4v) is 7.72. The number of unbranched alkanes of at least 4 members (excludes halogenated alkanes) is 31. The number of hydrogen-bond donors (Lipinski definition) is 3. The SMILES string of the molecule is CCC/C=C\C/C=C\CCCCCCCC(=O)OCCCCCCCCCCCC/C=C\CCCCCCCCCC(=O)NC(CO)C(O)/C=C/CCCCCCCCCC. The lowest BCUT2D eigenvalue weighted by Crippen LogP contribution is -2.45. The number of allylic oxidation sites excluding steroid dienone is 7. The van der Waals surface area contributed by atoms with Gasteiger partial charge in [0, 0.05) is 12.8 Å². The Kier molecular flexibility index (Phi) is 48.7. The van der Waals surface area contributed by atoms with Crippen LogP contribution in [0.15, 0.2) is 48.6 Å². The zero-order chi connectivity index (χ0) is 44.4. The number of hydrogen-bond acceptors (Lipinski definition) is 5. The lowest BCUT2D eigenvalue weighted by Gasteiger charge is -2.20. The first-order valence-electron chi connectivity index (χ1n) is 26.4. The number of nitrogens with one attached hydrogen (secondary N) is 1. The summed E-state index contributed by atoms with van der Waals surface area (Å²) in [5.41, 5.74) is 0. The summed E-state index contributed by atoms with van der Waals surface area (Å²) in [5.74, 6) is -0.0880. The van der Waals surface area contributed by atoms with Crippen LogP contribution in [0.5, 0.6) is 0 Å². The molecule has 0 spiro atoms. The Morgan fingerprint density at radius 2 is 0.852 bits per heavy atom. The fraction of sp³-hybridized carbons (Fsp3) is 0.818. The second kappa shape index (κ2) is 50.5. The van der Waals surface area contributed by atoms with E-state index in [0.29, 0.717) is 19.4 Å². The van der Waals surface area contributed by atoms with Gasteiger partial charge in [0.1, 0.15) is 0 Å². The van der Waals surface area contributed by atoms with E-state index in [1.165, 1.54) is 180 Å². The second-order valence-corrected chi connectivity index (χ2v) is 17.8. The van der Waals surface area contributed by atoms with Crippen molar-refractivity contribution in [2.75, 3.05) is 13.2 Å². The molecule has 0 saturated carbocycles. The van der Waals surface area contributed by atoms with Crippen molar-refractivity contribution in [3.63, 3.8) is 0 Å². The van der Waals surface area contributed by atoms with E-state index in [-0.39, 0.29) is 18.5 Å². The number of aliphatic hydroxyl groups is 2. The summed E-state index contributed by atoms with van der Waals surface area (Å²) in [7, 11) is 0. The zero-order valence-electron chi connectivity index (χ0n) is 40.4. The highest BCUT2D eigenvalue weighted by Gasteiger charge is 2.18. The summed E-state index contributed by atoms with van der Waals surface area (Å²) in [4.78, 5) is 24.4. The smallest absolute Gasteiger partial charge is 0.305 e. The van der Waals surface area contributed by atoms with Gasteiger partial charge in [-0.15, -0.1) is 0 Å². The standard InChI is InChI=1S/C55H101NO5/c1-3-5-7-9-11-13-15-25-29-33-37-41-45-49-55(60)61-50-46-42-38-34-30-27-24-22-20-18-16-17-19-21-23-26-28-32-36-40-44-48-54(59)56-52(51-57)53(58)47-43-39-35-31-14-12-10-8-6-4-2/h7,9,13,15,17,19,43,47,52-53,57-58H,3-6,8,10-12,14,16,18,20-42,44-46,48-51H2,1-2H3,(H,56,59)/b9-7-,15-13-,19-17-,47-43+. The molecule has 3 N–H and O–H groups in total. The molecule has 2 atom stereocenters. The van der Waals surface area contributed by atoms with Gasteiger partial charge in [-0.05, 0) is 83.5 Å². The largest absolute Gasteiger partial charge is 0.466 e. The van der Waals surface area contributed by atoms with Crippen molar-refractivity contribution in [3.8, 4) is 0 Å². The van der Waals surface area contributed by atoms with Crippen LogP contribution in [0.4, 0.5) is 0 Å². The molecule has 6 heteroatoms. The average Bonchev–Trinajstić information content (AvgIpc) is 3.26. The van der Waals surface area contributed by atoms with E-state index in [9.17, 15) is 19.8 Å². The maximum absolute atomic E-state index is 12.4. The van der Waals surface area contributed by atoms with E-state index in [4.69, 9.17) is 4.74 Å². The molecule has 0 saturated heterocycles. The van der Waals surface area contributed by atoms with Crippen molar-refractivity contribution in [1.82, 2.24) is 5.32 Å². The van der Waals surface area contributed by atoms with E-state index in [1.54, 1.807) is 6.08 Å². The van der Waals surface area contributed by atoms with Gasteiger partial charge in [-0.3, -0.25) is 9.59 Å². The molecule has 0 aromatic carbocycles. The molecule has 2 unspecified atom stereocenters. The van der Waals surface area contributed by atoms with Crippen molar-refractivity contribution < 1.29 is 24.5 Å². The quantitative estimate of drug-likeness (QED) is 0.0322. The number of aliphatic hydroxyl groups excluding tert-OH is 2. The summed E-state index contributed by atoms with van der Waals surface area (Å²) in [6.45, 7) is 4.79. The van der Waals surface area contributed by atoms with Crippen molar-refractivity contribution in [1.29, 1.82) is 0 Å². The topological polar surface area (TPSA) is 95.9 Å². The van der Waals surface area contributed by atoms with Crippen molar-refractivity contribution in [2.45, 2.75) is 276 Å². The van der Waals surface area contributed by atoms with E-state index in [2.05, 4.69) is 55.6 Å². The molecular weight excluding hydrogens is 755 g/mol. The molecule has 0 aliphatic rings. The molecule has 1 amide bonds. The van der Waals surface area contributed by atoms with Crippen LogP contribution in [0, 0.1) is 0 Å². The minimum atomic E-state index is -0.848. The van der Waals surface area contributed by atoms with Crippen LogP contribution in [0.1, 0.15) is 264 Å². The van der Waals surface area contributed by atoms with Gasteiger partial charge in [0.05, 0.1) is 25.4 Å². The molecule has 0 fully saturated rings. The first-order chi connectivity index (χ1) is 30.0. The lowest BCUT2D eigenvalue weighted by molar-refractivity contribution is -0.143. The number of esters is 1. The normalized spacial score (nSPS) is 13.0. The third-order valence-electron chi connectivity index (χ3n) is 11.8. The maximum Gasteiger partial charge on any atom is 0.305 e. The van der Waals surface area contributed by atoms with Gasteiger partial charge in [0.25, 0.3) is 0 Å². The van der Waals surface area contributed by atoms with Crippen LogP contribution < -0.4 is 5.32 Å². The van der Waals surface area contributed by atoms with Crippen molar-refractivity contribution in [2.24, 2.45) is 0 Å². The maximum atomic E-state index is 12.4. The minimum absolute atomic E-state index is 0.00886. The second-order valence-electron chi connectivity index (χ2n) is 17.8. The molecule has 6 nitrogen and oxygen atoms in total. The van der Waals surface area contributed by atoms with Gasteiger partial charge in [-0.25, -0.2) is 0 Å². The first kappa shape index (κ1) is 58.8. The van der Waals surface area contributed by atoms with Crippen LogP contribution in [-0.4, -0.2) is 47.4 Å². The van der Waals surface area contributed by atoms with Gasteiger partial charge in [-0.2, -0.15) is 0 Å². The molecule has 0 aliphatic heterocycles. The van der Waals surface area contributed by atoms with Gasteiger partial charge in [0.2, 0.25) is 5.91 Å². The molecule has 0 bridgehead atoms. The molecule has 0 aliphatic carbocycles. The summed E-state index contributed by atoms with van der Waals surface area (Å²) in [5, 5.41) is 22.9. The van der Waals surface area contributed by atoms with E-state index < -0.39 is 12.1 Å². The number of amides is 1. The summed E-state index contributed by atoms with van der Waals surface area (Å²) in [6.07, 6.45) is 62.7. The van der Waals surface area contributed by atoms with Gasteiger partial charge >= 0.3 is 5.97 Å². The molecular formula is C55H101NO5. The Bertz CT molecular complexity index is 1040. The summed E-state index contributed by atoms with van der Waals surface area (Å²) in [6, 6.07) is -0.632. The van der Waals surface area contributed by atoms with Gasteiger partial charge in [0.15, 0.2) is 0 Å². The molecule has 0 aromatic heterocycles. The van der Waals surface area contributed by atoms with Crippen LogP contribution in [0.25, 0.3) is 0 Å². The number of carbonyl (C=O) groups is 2. The minimum Gasteiger partial charge on any atom is -0.466 e. The fourth-order valence-electron chi connectivity index (χ4n) is 7.72. The van der Waals surface area contributed by atoms with Gasteiger partial charge < -0.3 is 20.3 Å². The number of ether oxygens (including phenoxy) is 1. The Hall–Kier alpha value is -2.18. The Morgan fingerprint density at radius 1 is 0.459 bits per heavy atom. The molecule has 0 aromatic rings. The first-order valence-corrected chi connectivity index (χ1v) is 26.4. The monoisotopic (exact) mass is 856 g/mol. The van der Waals surface area contributed by atoms with E-state index in [0.717, 1.165) is 57.8 Å². The van der Waals surface area contributed by atoms with Gasteiger partial charge in [-0.1, -0.05) is 217 Å². The van der Waals surface area contributed by atoms with Crippen molar-refractivity contribution in [3.05, 3.63) is 48.6 Å². The highest BCUT2D eigenvalue weighted by molar-refractivity contribution is 5.76. The summed E-state index contributed by atoms with van der Waals surface area (Å²) < 4.78 is 5.45. The third-order valence-corrected chi connectivity index (χ3v) is 11.8. The third kappa shape index (κ3) is 47.1. The molecule has 356 valence electrons. The molecule has 0 rings (SSSR count). The summed E-state index contributed by atoms with van der Waals surface area (Å²) >= 11 is 0. The highest BCUT2D eigenvalue weighted by Crippen LogP contribution is 2.15. The number of rotatable bonds is 48. The van der Waals surface area contributed by atoms with E-state index >= 15 is 0 Å². The zero-order valence-corrected chi connectivity index (χ0v) is 40.4. The Labute approximate surface area is 378 Å². The Balaban J connectivity index is 3.44.